The average Bonchev–Trinajstić information content (AvgIpc) is 2.81. The molecule has 2 aromatic carbocycles. The fourth-order valence-corrected chi connectivity index (χ4v) is 3.41. The van der Waals surface area contributed by atoms with Crippen LogP contribution < -0.4 is 15.0 Å². The summed E-state index contributed by atoms with van der Waals surface area (Å²) in [7, 11) is 1.65. The first-order valence-electron chi connectivity index (χ1n) is 9.98. The number of nitrogens with one attached hydrogen (secondary N) is 1. The SMILES string of the molecule is COc1cccc(-c2ccc(N3CCN(C(=O)Nc4ccc(C)cc4)CC3)nn2)c1. The van der Waals surface area contributed by atoms with E-state index in [2.05, 4.69) is 20.4 Å². The molecular weight excluding hydrogens is 378 g/mol. The van der Waals surface area contributed by atoms with E-state index in [-0.39, 0.29) is 6.03 Å². The number of carbonyl (C=O) groups is 1. The van der Waals surface area contributed by atoms with Crippen molar-refractivity contribution in [2.24, 2.45) is 0 Å². The van der Waals surface area contributed by atoms with E-state index >= 15 is 0 Å². The van der Waals surface area contributed by atoms with Crippen LogP contribution in [0.5, 0.6) is 5.75 Å². The van der Waals surface area contributed by atoms with Crippen LogP contribution in [0.4, 0.5) is 16.3 Å². The van der Waals surface area contributed by atoms with Crippen molar-refractivity contribution in [3.05, 3.63) is 66.2 Å². The Labute approximate surface area is 176 Å². The molecule has 0 bridgehead atoms. The molecule has 0 spiro atoms. The van der Waals surface area contributed by atoms with Crippen LogP contribution in [-0.4, -0.2) is 54.4 Å². The van der Waals surface area contributed by atoms with Crippen molar-refractivity contribution >= 4 is 17.5 Å². The van der Waals surface area contributed by atoms with Crippen molar-refractivity contribution in [2.45, 2.75) is 6.92 Å². The lowest BCUT2D eigenvalue weighted by molar-refractivity contribution is 0.208. The van der Waals surface area contributed by atoms with E-state index in [0.29, 0.717) is 26.2 Å². The zero-order valence-corrected chi connectivity index (χ0v) is 17.2. The molecule has 1 aliphatic heterocycles. The number of methoxy groups -OCH3 is 1. The summed E-state index contributed by atoms with van der Waals surface area (Å²) in [5.74, 6) is 1.61. The third-order valence-corrected chi connectivity index (χ3v) is 5.21. The molecule has 3 aromatic rings. The predicted octanol–water partition coefficient (Wildman–Crippen LogP) is 3.81. The minimum absolute atomic E-state index is 0.0713. The van der Waals surface area contributed by atoms with Crippen LogP contribution in [0.15, 0.2) is 60.7 Å². The summed E-state index contributed by atoms with van der Waals surface area (Å²) in [4.78, 5) is 16.5. The molecule has 2 amide bonds. The number of amides is 2. The Morgan fingerprint density at radius 3 is 2.40 bits per heavy atom. The molecule has 154 valence electrons. The maximum atomic E-state index is 12.5. The van der Waals surface area contributed by atoms with Gasteiger partial charge in [-0.25, -0.2) is 4.79 Å². The number of hydrogen-bond acceptors (Lipinski definition) is 5. The number of urea groups is 1. The first-order chi connectivity index (χ1) is 14.6. The molecule has 4 rings (SSSR count). The van der Waals surface area contributed by atoms with Crippen LogP contribution in [-0.2, 0) is 0 Å². The number of hydrogen-bond donors (Lipinski definition) is 1. The molecule has 0 atom stereocenters. The van der Waals surface area contributed by atoms with Gasteiger partial charge in [0.1, 0.15) is 5.75 Å². The summed E-state index contributed by atoms with van der Waals surface area (Å²) in [6.07, 6.45) is 0. The molecule has 7 heteroatoms. The molecule has 0 unspecified atom stereocenters. The molecule has 1 aromatic heterocycles. The Morgan fingerprint density at radius 1 is 0.967 bits per heavy atom. The number of anilines is 2. The maximum absolute atomic E-state index is 12.5. The van der Waals surface area contributed by atoms with Gasteiger partial charge in [-0.15, -0.1) is 10.2 Å². The Hall–Kier alpha value is -3.61. The third-order valence-electron chi connectivity index (χ3n) is 5.21. The van der Waals surface area contributed by atoms with Gasteiger partial charge in [0.25, 0.3) is 0 Å². The maximum Gasteiger partial charge on any atom is 0.321 e. The highest BCUT2D eigenvalue weighted by Crippen LogP contribution is 2.23. The second-order valence-corrected chi connectivity index (χ2v) is 7.28. The van der Waals surface area contributed by atoms with Gasteiger partial charge >= 0.3 is 6.03 Å². The Kier molecular flexibility index (Phi) is 5.79. The third kappa shape index (κ3) is 4.51. The van der Waals surface area contributed by atoms with E-state index in [9.17, 15) is 4.79 Å². The molecule has 1 saturated heterocycles. The molecule has 2 heterocycles. The van der Waals surface area contributed by atoms with Crippen LogP contribution in [0.1, 0.15) is 5.56 Å². The van der Waals surface area contributed by atoms with Crippen LogP contribution >= 0.6 is 0 Å². The number of ether oxygens (including phenoxy) is 1. The fraction of sp³-hybridized carbons (Fsp3) is 0.261. The normalized spacial score (nSPS) is 13.8. The summed E-state index contributed by atoms with van der Waals surface area (Å²) < 4.78 is 5.27. The van der Waals surface area contributed by atoms with Crippen molar-refractivity contribution in [2.75, 3.05) is 43.5 Å². The van der Waals surface area contributed by atoms with E-state index in [1.165, 1.54) is 5.56 Å². The lowest BCUT2D eigenvalue weighted by Crippen LogP contribution is -2.50. The first-order valence-corrected chi connectivity index (χ1v) is 9.98. The Bertz CT molecular complexity index is 997. The van der Waals surface area contributed by atoms with Gasteiger partial charge in [0, 0.05) is 37.4 Å². The smallest absolute Gasteiger partial charge is 0.321 e. The molecular formula is C23H25N5O2. The van der Waals surface area contributed by atoms with Crippen LogP contribution in [0.2, 0.25) is 0 Å². The van der Waals surface area contributed by atoms with Gasteiger partial charge in [-0.1, -0.05) is 29.8 Å². The quantitative estimate of drug-likeness (QED) is 0.717. The molecule has 1 aliphatic rings. The molecule has 0 aliphatic carbocycles. The molecule has 0 saturated carbocycles. The highest BCUT2D eigenvalue weighted by atomic mass is 16.5. The lowest BCUT2D eigenvalue weighted by atomic mass is 10.1. The molecule has 0 radical (unpaired) electrons. The van der Waals surface area contributed by atoms with E-state index in [0.717, 1.165) is 28.5 Å². The van der Waals surface area contributed by atoms with E-state index in [4.69, 9.17) is 4.74 Å². The summed E-state index contributed by atoms with van der Waals surface area (Å²) in [5, 5.41) is 11.7. The number of rotatable bonds is 4. The molecule has 7 nitrogen and oxygen atoms in total. The van der Waals surface area contributed by atoms with Crippen LogP contribution in [0.25, 0.3) is 11.3 Å². The van der Waals surface area contributed by atoms with Crippen molar-refractivity contribution in [1.82, 2.24) is 15.1 Å². The second kappa shape index (κ2) is 8.82. The zero-order chi connectivity index (χ0) is 20.9. The van der Waals surface area contributed by atoms with Gasteiger partial charge in [-0.2, -0.15) is 0 Å². The van der Waals surface area contributed by atoms with E-state index in [1.54, 1.807) is 7.11 Å². The first kappa shape index (κ1) is 19.7. The fourth-order valence-electron chi connectivity index (χ4n) is 3.41. The molecule has 1 fully saturated rings. The van der Waals surface area contributed by atoms with Gasteiger partial charge in [-0.3, -0.25) is 0 Å². The number of aromatic nitrogens is 2. The number of piperazine rings is 1. The van der Waals surface area contributed by atoms with Crippen LogP contribution in [0.3, 0.4) is 0 Å². The zero-order valence-electron chi connectivity index (χ0n) is 17.2. The minimum atomic E-state index is -0.0713. The van der Waals surface area contributed by atoms with E-state index in [1.807, 2.05) is 72.5 Å². The topological polar surface area (TPSA) is 70.6 Å². The summed E-state index contributed by atoms with van der Waals surface area (Å²) >= 11 is 0. The summed E-state index contributed by atoms with van der Waals surface area (Å²) in [6.45, 7) is 4.73. The number of benzene rings is 2. The Morgan fingerprint density at radius 2 is 1.73 bits per heavy atom. The van der Waals surface area contributed by atoms with Crippen LogP contribution in [0, 0.1) is 6.92 Å². The number of aryl methyl sites for hydroxylation is 1. The Balaban J connectivity index is 1.34. The van der Waals surface area contributed by atoms with Gasteiger partial charge in [-0.05, 0) is 43.3 Å². The second-order valence-electron chi connectivity index (χ2n) is 7.28. The monoisotopic (exact) mass is 403 g/mol. The standard InChI is InChI=1S/C23H25N5O2/c1-17-6-8-19(9-7-17)24-23(29)28-14-12-27(13-15-28)22-11-10-21(25-26-22)18-4-3-5-20(16-18)30-2/h3-11,16H,12-15H2,1-2H3,(H,24,29). The van der Waals surface area contributed by atoms with Crippen molar-refractivity contribution in [3.63, 3.8) is 0 Å². The largest absolute Gasteiger partial charge is 0.497 e. The lowest BCUT2D eigenvalue weighted by Gasteiger charge is -2.35. The highest BCUT2D eigenvalue weighted by Gasteiger charge is 2.22. The number of nitrogens with zero attached hydrogens (tertiary/aromatic N) is 4. The highest BCUT2D eigenvalue weighted by molar-refractivity contribution is 5.89. The minimum Gasteiger partial charge on any atom is -0.497 e. The summed E-state index contributed by atoms with van der Waals surface area (Å²) in [6, 6.07) is 19.4. The number of carbonyl (C=O) groups excluding carboxylic acids is 1. The van der Waals surface area contributed by atoms with Gasteiger partial charge < -0.3 is 19.9 Å². The average molecular weight is 403 g/mol. The molecule has 1 N–H and O–H groups in total. The predicted molar refractivity (Wildman–Crippen MR) is 118 cm³/mol. The van der Waals surface area contributed by atoms with Crippen molar-refractivity contribution < 1.29 is 9.53 Å². The van der Waals surface area contributed by atoms with Crippen molar-refractivity contribution in [1.29, 1.82) is 0 Å². The van der Waals surface area contributed by atoms with E-state index < -0.39 is 0 Å². The van der Waals surface area contributed by atoms with Gasteiger partial charge in [0.05, 0.1) is 12.8 Å². The molecule has 30 heavy (non-hydrogen) atoms. The van der Waals surface area contributed by atoms with Crippen molar-refractivity contribution in [3.8, 4) is 17.0 Å². The van der Waals surface area contributed by atoms with Gasteiger partial charge in [0.15, 0.2) is 5.82 Å². The van der Waals surface area contributed by atoms with Gasteiger partial charge in [0.2, 0.25) is 0 Å². The summed E-state index contributed by atoms with van der Waals surface area (Å²) in [5.41, 5.74) is 3.74.